The van der Waals surface area contributed by atoms with Crippen molar-refractivity contribution in [3.63, 3.8) is 0 Å². The fourth-order valence-electron chi connectivity index (χ4n) is 2.35. The van der Waals surface area contributed by atoms with Crippen LogP contribution >= 0.6 is 0 Å². The molecule has 1 aromatic rings. The third-order valence-electron chi connectivity index (χ3n) is 3.72. The van der Waals surface area contributed by atoms with E-state index in [0.29, 0.717) is 19.4 Å². The van der Waals surface area contributed by atoms with Crippen molar-refractivity contribution in [3.8, 4) is 0 Å². The molecule has 5 atom stereocenters. The van der Waals surface area contributed by atoms with Gasteiger partial charge in [-0.2, -0.15) is 0 Å². The molecular formula is C14H22N2O7. The molecule has 0 spiro atoms. The molecule has 0 aliphatic carbocycles. The minimum atomic E-state index is -1.44. The zero-order chi connectivity index (χ0) is 16.8. The lowest BCUT2D eigenvalue weighted by Gasteiger charge is -2.39. The zero-order valence-electron chi connectivity index (χ0n) is 12.6. The van der Waals surface area contributed by atoms with Gasteiger partial charge in [-0.05, 0) is 12.8 Å². The van der Waals surface area contributed by atoms with Crippen LogP contribution in [-0.4, -0.2) is 73.9 Å². The minimum Gasteiger partial charge on any atom is -0.394 e. The van der Waals surface area contributed by atoms with Gasteiger partial charge in [0.25, 0.3) is 5.56 Å². The van der Waals surface area contributed by atoms with E-state index in [1.807, 2.05) is 0 Å². The monoisotopic (exact) mass is 330 g/mol. The predicted molar refractivity (Wildman–Crippen MR) is 77.5 cm³/mol. The Balaban J connectivity index is 1.73. The molecule has 2 rings (SSSR count). The first-order valence-corrected chi connectivity index (χ1v) is 7.47. The molecule has 1 aliphatic heterocycles. The van der Waals surface area contributed by atoms with Crippen LogP contribution in [0.3, 0.4) is 0 Å². The molecule has 130 valence electrons. The molecular weight excluding hydrogens is 308 g/mol. The summed E-state index contributed by atoms with van der Waals surface area (Å²) in [6.07, 6.45) is -0.685. The van der Waals surface area contributed by atoms with Crippen molar-refractivity contribution in [3.05, 3.63) is 28.9 Å². The summed E-state index contributed by atoms with van der Waals surface area (Å²) in [5, 5.41) is 38.2. The molecule has 0 bridgehead atoms. The molecule has 0 amide bonds. The van der Waals surface area contributed by atoms with Crippen molar-refractivity contribution in [2.24, 2.45) is 0 Å². The SMILES string of the molecule is O=c1cnccn1CCCCO[C@@H]1O[C@H](CO)[C@@H](O)[C@H](O)[C@H]1O. The minimum absolute atomic E-state index is 0.178. The lowest BCUT2D eigenvalue weighted by Crippen LogP contribution is -2.59. The smallest absolute Gasteiger partial charge is 0.268 e. The maximum absolute atomic E-state index is 11.5. The molecule has 0 aromatic carbocycles. The Morgan fingerprint density at radius 1 is 1.22 bits per heavy atom. The summed E-state index contributed by atoms with van der Waals surface area (Å²) in [6, 6.07) is 0. The molecule has 9 nitrogen and oxygen atoms in total. The lowest BCUT2D eigenvalue weighted by molar-refractivity contribution is -0.301. The fourth-order valence-corrected chi connectivity index (χ4v) is 2.35. The van der Waals surface area contributed by atoms with Crippen LogP contribution in [0.4, 0.5) is 0 Å². The molecule has 1 saturated heterocycles. The Labute approximate surface area is 132 Å². The van der Waals surface area contributed by atoms with Crippen LogP contribution in [0.25, 0.3) is 0 Å². The highest BCUT2D eigenvalue weighted by Crippen LogP contribution is 2.22. The number of aliphatic hydroxyl groups excluding tert-OH is 4. The van der Waals surface area contributed by atoms with E-state index in [-0.39, 0.29) is 12.2 Å². The Bertz CT molecular complexity index is 536. The van der Waals surface area contributed by atoms with Crippen LogP contribution in [0.5, 0.6) is 0 Å². The van der Waals surface area contributed by atoms with Crippen LogP contribution in [0, 0.1) is 0 Å². The summed E-state index contributed by atoms with van der Waals surface area (Å²) < 4.78 is 12.1. The summed E-state index contributed by atoms with van der Waals surface area (Å²) in [5.41, 5.74) is -0.178. The van der Waals surface area contributed by atoms with Crippen molar-refractivity contribution in [2.75, 3.05) is 13.2 Å². The Kier molecular flexibility index (Phi) is 6.63. The van der Waals surface area contributed by atoms with E-state index in [0.717, 1.165) is 0 Å². The van der Waals surface area contributed by atoms with Gasteiger partial charge in [-0.1, -0.05) is 0 Å². The maximum atomic E-state index is 11.5. The second-order valence-corrected chi connectivity index (χ2v) is 5.38. The first-order chi connectivity index (χ1) is 11.0. The van der Waals surface area contributed by atoms with E-state index in [4.69, 9.17) is 14.6 Å². The molecule has 4 N–H and O–H groups in total. The fraction of sp³-hybridized carbons (Fsp3) is 0.714. The highest BCUT2D eigenvalue weighted by atomic mass is 16.7. The van der Waals surface area contributed by atoms with Crippen LogP contribution < -0.4 is 5.56 Å². The van der Waals surface area contributed by atoms with Crippen LogP contribution in [0.2, 0.25) is 0 Å². The van der Waals surface area contributed by atoms with Gasteiger partial charge in [0.2, 0.25) is 0 Å². The van der Waals surface area contributed by atoms with Crippen molar-refractivity contribution in [1.82, 2.24) is 9.55 Å². The average molecular weight is 330 g/mol. The molecule has 1 aliphatic rings. The second-order valence-electron chi connectivity index (χ2n) is 5.38. The van der Waals surface area contributed by atoms with Gasteiger partial charge in [0.15, 0.2) is 6.29 Å². The molecule has 0 saturated carbocycles. The third-order valence-corrected chi connectivity index (χ3v) is 3.72. The number of unbranched alkanes of at least 4 members (excludes halogenated alkanes) is 1. The highest BCUT2D eigenvalue weighted by molar-refractivity contribution is 4.88. The van der Waals surface area contributed by atoms with Crippen molar-refractivity contribution < 1.29 is 29.9 Å². The third kappa shape index (κ3) is 4.56. The molecule has 0 unspecified atom stereocenters. The first-order valence-electron chi connectivity index (χ1n) is 7.47. The number of nitrogens with zero attached hydrogens (tertiary/aromatic N) is 2. The van der Waals surface area contributed by atoms with E-state index in [1.165, 1.54) is 17.0 Å². The van der Waals surface area contributed by atoms with Crippen molar-refractivity contribution in [1.29, 1.82) is 0 Å². The van der Waals surface area contributed by atoms with Crippen molar-refractivity contribution >= 4 is 0 Å². The quantitative estimate of drug-likeness (QED) is 0.415. The second kappa shape index (κ2) is 8.48. The van der Waals surface area contributed by atoms with E-state index in [9.17, 15) is 20.1 Å². The average Bonchev–Trinajstić information content (AvgIpc) is 2.56. The molecule has 1 fully saturated rings. The topological polar surface area (TPSA) is 134 Å². The van der Waals surface area contributed by atoms with Gasteiger partial charge in [0.05, 0.1) is 12.8 Å². The number of hydrogen-bond donors (Lipinski definition) is 4. The Morgan fingerprint density at radius 3 is 2.70 bits per heavy atom. The van der Waals surface area contributed by atoms with Gasteiger partial charge >= 0.3 is 0 Å². The maximum Gasteiger partial charge on any atom is 0.268 e. The van der Waals surface area contributed by atoms with E-state index >= 15 is 0 Å². The predicted octanol–water partition coefficient (Wildman–Crippen LogP) is -2.16. The van der Waals surface area contributed by atoms with Crippen molar-refractivity contribution in [2.45, 2.75) is 50.1 Å². The highest BCUT2D eigenvalue weighted by Gasteiger charge is 2.43. The molecule has 2 heterocycles. The largest absolute Gasteiger partial charge is 0.394 e. The Hall–Kier alpha value is -1.36. The van der Waals surface area contributed by atoms with Gasteiger partial charge in [-0.25, -0.2) is 0 Å². The number of rotatable bonds is 7. The summed E-state index contributed by atoms with van der Waals surface area (Å²) in [7, 11) is 0. The van der Waals surface area contributed by atoms with E-state index in [1.54, 1.807) is 6.20 Å². The molecule has 0 radical (unpaired) electrons. The number of aryl methyl sites for hydroxylation is 1. The van der Waals surface area contributed by atoms with Gasteiger partial charge < -0.3 is 34.5 Å². The van der Waals surface area contributed by atoms with Gasteiger partial charge in [-0.3, -0.25) is 9.78 Å². The summed E-state index contributed by atoms with van der Waals surface area (Å²) in [5.74, 6) is 0. The van der Waals surface area contributed by atoms with Crippen LogP contribution in [0.15, 0.2) is 23.4 Å². The zero-order valence-corrected chi connectivity index (χ0v) is 12.6. The van der Waals surface area contributed by atoms with E-state index < -0.39 is 37.3 Å². The molecule has 23 heavy (non-hydrogen) atoms. The summed E-state index contributed by atoms with van der Waals surface area (Å²) in [6.45, 7) is 0.262. The van der Waals surface area contributed by atoms with Gasteiger partial charge in [0.1, 0.15) is 24.4 Å². The number of aromatic nitrogens is 2. The van der Waals surface area contributed by atoms with Crippen LogP contribution in [0.1, 0.15) is 12.8 Å². The lowest BCUT2D eigenvalue weighted by atomic mass is 9.99. The van der Waals surface area contributed by atoms with E-state index in [2.05, 4.69) is 4.98 Å². The normalized spacial score (nSPS) is 31.2. The Morgan fingerprint density at radius 2 is 2.00 bits per heavy atom. The van der Waals surface area contributed by atoms with Gasteiger partial charge in [-0.15, -0.1) is 0 Å². The standard InChI is InChI=1S/C14H22N2O7/c17-8-9-11(19)12(20)13(21)14(23-9)22-6-2-1-4-16-5-3-15-7-10(16)18/h3,5,7,9,11-14,17,19-21H,1-2,4,6,8H2/t9-,11-,12+,13-,14-/m1/s1. The first kappa shape index (κ1) is 18.0. The number of hydrogen-bond acceptors (Lipinski definition) is 8. The summed E-state index contributed by atoms with van der Waals surface area (Å²) >= 11 is 0. The number of aliphatic hydroxyl groups is 4. The molecule has 1 aromatic heterocycles. The van der Waals surface area contributed by atoms with Crippen LogP contribution in [-0.2, 0) is 16.0 Å². The summed E-state index contributed by atoms with van der Waals surface area (Å²) in [4.78, 5) is 15.2. The number of ether oxygens (including phenoxy) is 2. The van der Waals surface area contributed by atoms with Gasteiger partial charge in [0, 0.05) is 25.5 Å². The molecule has 9 heteroatoms.